The Balaban J connectivity index is 3.29. The van der Waals surface area contributed by atoms with E-state index in [4.69, 9.17) is 0 Å². The van der Waals surface area contributed by atoms with E-state index in [2.05, 4.69) is 14.4 Å². The minimum Gasteiger partial charge on any atom is -0.465 e. The standard InChI is InChI=1S/C11H16N2O4S/c1-11(2,3)13-18(15,16)9-8(10(14)17-4)6-5-7-12-9/h5-7,13H,1-4H3. The minimum absolute atomic E-state index is 0.0863. The zero-order valence-electron chi connectivity index (χ0n) is 10.7. The summed E-state index contributed by atoms with van der Waals surface area (Å²) in [5, 5.41) is -0.327. The summed E-state index contributed by atoms with van der Waals surface area (Å²) in [6.07, 6.45) is 1.31. The van der Waals surface area contributed by atoms with Gasteiger partial charge in [0.25, 0.3) is 10.0 Å². The number of hydrogen-bond donors (Lipinski definition) is 1. The lowest BCUT2D eigenvalue weighted by atomic mass is 10.1. The molecule has 7 heteroatoms. The molecule has 18 heavy (non-hydrogen) atoms. The second kappa shape index (κ2) is 5.03. The molecule has 0 radical (unpaired) electrons. The van der Waals surface area contributed by atoms with E-state index in [9.17, 15) is 13.2 Å². The Morgan fingerprint density at radius 3 is 2.50 bits per heavy atom. The van der Waals surface area contributed by atoms with Gasteiger partial charge in [-0.05, 0) is 32.9 Å². The molecule has 0 aliphatic rings. The van der Waals surface area contributed by atoms with Gasteiger partial charge in [-0.1, -0.05) is 0 Å². The van der Waals surface area contributed by atoms with Crippen molar-refractivity contribution >= 4 is 16.0 Å². The monoisotopic (exact) mass is 272 g/mol. The van der Waals surface area contributed by atoms with Gasteiger partial charge in [0.15, 0.2) is 5.03 Å². The quantitative estimate of drug-likeness (QED) is 0.828. The maximum Gasteiger partial charge on any atom is 0.340 e. The lowest BCUT2D eigenvalue weighted by Crippen LogP contribution is -2.41. The average Bonchev–Trinajstić information content (AvgIpc) is 2.25. The first kappa shape index (κ1) is 14.6. The maximum atomic E-state index is 12.1. The highest BCUT2D eigenvalue weighted by molar-refractivity contribution is 7.89. The van der Waals surface area contributed by atoms with Crippen LogP contribution in [0, 0.1) is 0 Å². The molecule has 0 bridgehead atoms. The number of esters is 1. The van der Waals surface area contributed by atoms with E-state index in [1.54, 1.807) is 20.8 Å². The van der Waals surface area contributed by atoms with Crippen LogP contribution in [0.25, 0.3) is 0 Å². The largest absolute Gasteiger partial charge is 0.465 e. The Labute approximate surface area is 106 Å². The van der Waals surface area contributed by atoms with Gasteiger partial charge in [0.2, 0.25) is 0 Å². The highest BCUT2D eigenvalue weighted by Gasteiger charge is 2.28. The van der Waals surface area contributed by atoms with Gasteiger partial charge in [-0.25, -0.2) is 22.9 Å². The lowest BCUT2D eigenvalue weighted by molar-refractivity contribution is 0.0595. The molecule has 100 valence electrons. The van der Waals surface area contributed by atoms with Crippen LogP contribution in [-0.4, -0.2) is 32.0 Å². The van der Waals surface area contributed by atoms with Crippen molar-refractivity contribution in [1.82, 2.24) is 9.71 Å². The number of sulfonamides is 1. The van der Waals surface area contributed by atoms with Crippen molar-refractivity contribution in [3.8, 4) is 0 Å². The van der Waals surface area contributed by atoms with Gasteiger partial charge in [-0.2, -0.15) is 0 Å². The van der Waals surface area contributed by atoms with Crippen LogP contribution < -0.4 is 4.72 Å². The van der Waals surface area contributed by atoms with Crippen LogP contribution in [0.1, 0.15) is 31.1 Å². The molecule has 0 aliphatic heterocycles. The van der Waals surface area contributed by atoms with Crippen LogP contribution in [0.15, 0.2) is 23.4 Å². The molecular weight excluding hydrogens is 256 g/mol. The molecule has 1 aromatic rings. The van der Waals surface area contributed by atoms with Crippen molar-refractivity contribution in [2.24, 2.45) is 0 Å². The van der Waals surface area contributed by atoms with Gasteiger partial charge in [0, 0.05) is 11.7 Å². The van der Waals surface area contributed by atoms with Crippen LogP contribution >= 0.6 is 0 Å². The first-order valence-corrected chi connectivity index (χ1v) is 6.73. The van der Waals surface area contributed by atoms with Gasteiger partial charge in [0.1, 0.15) is 0 Å². The van der Waals surface area contributed by atoms with E-state index in [-0.39, 0.29) is 10.6 Å². The van der Waals surface area contributed by atoms with Crippen molar-refractivity contribution < 1.29 is 17.9 Å². The van der Waals surface area contributed by atoms with E-state index < -0.39 is 21.5 Å². The predicted molar refractivity (Wildman–Crippen MR) is 65.7 cm³/mol. The first-order valence-electron chi connectivity index (χ1n) is 5.25. The van der Waals surface area contributed by atoms with E-state index in [1.165, 1.54) is 25.4 Å². The van der Waals surface area contributed by atoms with E-state index in [0.717, 1.165) is 0 Å². The number of rotatable bonds is 3. The Bertz CT molecular complexity index is 546. The van der Waals surface area contributed by atoms with Crippen LogP contribution in [-0.2, 0) is 14.8 Å². The lowest BCUT2D eigenvalue weighted by Gasteiger charge is -2.20. The molecule has 1 N–H and O–H groups in total. The topological polar surface area (TPSA) is 85.4 Å². The smallest absolute Gasteiger partial charge is 0.340 e. The molecule has 0 saturated carbocycles. The Kier molecular flexibility index (Phi) is 4.08. The molecule has 0 spiro atoms. The number of carbonyl (C=O) groups is 1. The SMILES string of the molecule is COC(=O)c1cccnc1S(=O)(=O)NC(C)(C)C. The summed E-state index contributed by atoms with van der Waals surface area (Å²) in [7, 11) is -2.68. The Morgan fingerprint density at radius 1 is 1.39 bits per heavy atom. The average molecular weight is 272 g/mol. The second-order valence-electron chi connectivity index (χ2n) is 4.70. The molecule has 0 aromatic carbocycles. The normalized spacial score (nSPS) is 12.2. The van der Waals surface area contributed by atoms with Gasteiger partial charge in [-0.15, -0.1) is 0 Å². The summed E-state index contributed by atoms with van der Waals surface area (Å²) in [4.78, 5) is 15.2. The Hall–Kier alpha value is -1.47. The third-order valence-electron chi connectivity index (χ3n) is 1.87. The highest BCUT2D eigenvalue weighted by atomic mass is 32.2. The molecule has 0 atom stereocenters. The highest BCUT2D eigenvalue weighted by Crippen LogP contribution is 2.15. The second-order valence-corrected chi connectivity index (χ2v) is 6.30. The fraction of sp³-hybridized carbons (Fsp3) is 0.455. The number of methoxy groups -OCH3 is 1. The van der Waals surface area contributed by atoms with Crippen LogP contribution in [0.4, 0.5) is 0 Å². The van der Waals surface area contributed by atoms with Crippen molar-refractivity contribution in [3.05, 3.63) is 23.9 Å². The molecule has 1 heterocycles. The van der Waals surface area contributed by atoms with E-state index >= 15 is 0 Å². The number of nitrogens with zero attached hydrogens (tertiary/aromatic N) is 1. The molecule has 0 fully saturated rings. The van der Waals surface area contributed by atoms with E-state index in [1.807, 2.05) is 0 Å². The van der Waals surface area contributed by atoms with Gasteiger partial charge >= 0.3 is 5.97 Å². The minimum atomic E-state index is -3.87. The summed E-state index contributed by atoms with van der Waals surface area (Å²) in [6.45, 7) is 5.10. The third-order valence-corrected chi connectivity index (χ3v) is 3.59. The van der Waals surface area contributed by atoms with E-state index in [0.29, 0.717) is 0 Å². The molecule has 1 rings (SSSR count). The third kappa shape index (κ3) is 3.51. The van der Waals surface area contributed by atoms with Crippen molar-refractivity contribution in [2.75, 3.05) is 7.11 Å². The number of pyridine rings is 1. The fourth-order valence-electron chi connectivity index (χ4n) is 1.32. The summed E-state index contributed by atoms with van der Waals surface area (Å²) in [6, 6.07) is 2.83. The van der Waals surface area contributed by atoms with Crippen molar-refractivity contribution in [3.63, 3.8) is 0 Å². The Morgan fingerprint density at radius 2 is 2.00 bits per heavy atom. The summed E-state index contributed by atoms with van der Waals surface area (Å²) >= 11 is 0. The predicted octanol–water partition coefficient (Wildman–Crippen LogP) is 0.945. The fourth-order valence-corrected chi connectivity index (χ4v) is 2.87. The molecule has 0 unspecified atom stereocenters. The number of ether oxygens (including phenoxy) is 1. The van der Waals surface area contributed by atoms with Crippen LogP contribution in [0.3, 0.4) is 0 Å². The zero-order valence-corrected chi connectivity index (χ0v) is 11.5. The molecular formula is C11H16N2O4S. The van der Waals surface area contributed by atoms with Crippen molar-refractivity contribution in [2.45, 2.75) is 31.3 Å². The summed E-state index contributed by atoms with van der Waals surface area (Å²) < 4.78 is 31.2. The molecule has 0 amide bonds. The number of hydrogen-bond acceptors (Lipinski definition) is 5. The molecule has 6 nitrogen and oxygen atoms in total. The summed E-state index contributed by atoms with van der Waals surface area (Å²) in [5.74, 6) is -0.739. The van der Waals surface area contributed by atoms with Gasteiger partial charge in [0.05, 0.1) is 12.7 Å². The molecule has 1 aromatic heterocycles. The van der Waals surface area contributed by atoms with Gasteiger partial charge in [-0.3, -0.25) is 0 Å². The number of aromatic nitrogens is 1. The zero-order chi connectivity index (χ0) is 14.0. The first-order chi connectivity index (χ1) is 8.17. The van der Waals surface area contributed by atoms with Gasteiger partial charge < -0.3 is 4.74 Å². The molecule has 0 saturated heterocycles. The number of nitrogens with one attached hydrogen (secondary N) is 1. The maximum absolute atomic E-state index is 12.1. The van der Waals surface area contributed by atoms with Crippen LogP contribution in [0.5, 0.6) is 0 Å². The summed E-state index contributed by atoms with van der Waals surface area (Å²) in [5.41, 5.74) is -0.749. The van der Waals surface area contributed by atoms with Crippen LogP contribution in [0.2, 0.25) is 0 Å². The molecule has 0 aliphatic carbocycles. The van der Waals surface area contributed by atoms with Crippen molar-refractivity contribution in [1.29, 1.82) is 0 Å². The number of carbonyl (C=O) groups excluding carboxylic acids is 1.